The van der Waals surface area contributed by atoms with Crippen molar-refractivity contribution in [2.75, 3.05) is 19.7 Å². The third-order valence-electron chi connectivity index (χ3n) is 3.96. The maximum absolute atomic E-state index is 5.74. The summed E-state index contributed by atoms with van der Waals surface area (Å²) in [5.41, 5.74) is 15.4. The average molecular weight is 264 g/mol. The summed E-state index contributed by atoms with van der Waals surface area (Å²) in [5.74, 6) is 1.87. The van der Waals surface area contributed by atoms with Crippen molar-refractivity contribution in [3.63, 3.8) is 0 Å². The van der Waals surface area contributed by atoms with Crippen LogP contribution in [-0.4, -0.2) is 19.7 Å². The summed E-state index contributed by atoms with van der Waals surface area (Å²) in [6.45, 7) is 10.6. The first kappa shape index (κ1) is 16.0. The van der Waals surface area contributed by atoms with Crippen molar-refractivity contribution in [1.29, 1.82) is 0 Å². The summed E-state index contributed by atoms with van der Waals surface area (Å²) in [6, 6.07) is 4.26. The molecular weight excluding hydrogens is 236 g/mol. The number of hydrogen-bond acceptors (Lipinski definition) is 3. The molecule has 108 valence electrons. The van der Waals surface area contributed by atoms with Crippen LogP contribution in [-0.2, 0) is 0 Å². The van der Waals surface area contributed by atoms with E-state index < -0.39 is 0 Å². The molecule has 3 heteroatoms. The molecule has 0 fully saturated rings. The number of hydrogen-bond donors (Lipinski definition) is 2. The Labute approximate surface area is 117 Å². The Balaban J connectivity index is 2.92. The molecule has 0 amide bonds. The average Bonchev–Trinajstić information content (AvgIpc) is 2.41. The molecule has 1 atom stereocenters. The van der Waals surface area contributed by atoms with Gasteiger partial charge in [-0.2, -0.15) is 0 Å². The minimum absolute atomic E-state index is 0.404. The quantitative estimate of drug-likeness (QED) is 0.796. The molecule has 1 aromatic rings. The lowest BCUT2D eigenvalue weighted by Crippen LogP contribution is -2.24. The number of benzene rings is 1. The van der Waals surface area contributed by atoms with Crippen LogP contribution >= 0.6 is 0 Å². The molecular formula is C16H28N2O. The molecule has 1 rings (SSSR count). The molecule has 4 N–H and O–H groups in total. The molecule has 0 aromatic heterocycles. The zero-order chi connectivity index (χ0) is 14.4. The standard InChI is InChI=1S/C16H28N2O/c1-5-19-16-7-6-15(12(3)13(16)4)11(2)8-14(9-17)10-18/h6-7,11,14H,5,8-10,17-18H2,1-4H3. The lowest BCUT2D eigenvalue weighted by Gasteiger charge is -2.22. The molecule has 0 saturated heterocycles. The van der Waals surface area contributed by atoms with E-state index in [1.807, 2.05) is 6.92 Å². The van der Waals surface area contributed by atoms with E-state index in [0.717, 1.165) is 12.2 Å². The normalized spacial score (nSPS) is 12.8. The molecule has 1 aromatic carbocycles. The molecule has 0 bridgehead atoms. The summed E-state index contributed by atoms with van der Waals surface area (Å²) < 4.78 is 5.64. The van der Waals surface area contributed by atoms with Crippen LogP contribution in [0.1, 0.15) is 42.9 Å². The van der Waals surface area contributed by atoms with Crippen LogP contribution in [0.15, 0.2) is 12.1 Å². The molecule has 0 aliphatic heterocycles. The van der Waals surface area contributed by atoms with Crippen LogP contribution in [0.4, 0.5) is 0 Å². The summed E-state index contributed by atoms with van der Waals surface area (Å²) in [7, 11) is 0. The Hall–Kier alpha value is -1.06. The van der Waals surface area contributed by atoms with Crippen LogP contribution in [0.2, 0.25) is 0 Å². The van der Waals surface area contributed by atoms with Gasteiger partial charge in [0.1, 0.15) is 5.75 Å². The Morgan fingerprint density at radius 1 is 1.11 bits per heavy atom. The molecule has 0 spiro atoms. The lowest BCUT2D eigenvalue weighted by atomic mass is 9.86. The van der Waals surface area contributed by atoms with Crippen molar-refractivity contribution in [3.05, 3.63) is 28.8 Å². The van der Waals surface area contributed by atoms with E-state index in [1.54, 1.807) is 0 Å². The van der Waals surface area contributed by atoms with Crippen molar-refractivity contribution >= 4 is 0 Å². The van der Waals surface area contributed by atoms with Gasteiger partial charge in [-0.15, -0.1) is 0 Å². The van der Waals surface area contributed by atoms with Gasteiger partial charge in [-0.05, 0) is 74.9 Å². The van der Waals surface area contributed by atoms with Crippen molar-refractivity contribution in [3.8, 4) is 5.75 Å². The molecule has 0 saturated carbocycles. The van der Waals surface area contributed by atoms with Crippen molar-refractivity contribution < 1.29 is 4.74 Å². The van der Waals surface area contributed by atoms with E-state index >= 15 is 0 Å². The molecule has 0 aliphatic carbocycles. The third kappa shape index (κ3) is 3.95. The smallest absolute Gasteiger partial charge is 0.122 e. The van der Waals surface area contributed by atoms with Crippen molar-refractivity contribution in [1.82, 2.24) is 0 Å². The fourth-order valence-electron chi connectivity index (χ4n) is 2.58. The van der Waals surface area contributed by atoms with Crippen LogP contribution in [0, 0.1) is 19.8 Å². The van der Waals surface area contributed by atoms with Gasteiger partial charge in [0.05, 0.1) is 6.61 Å². The van der Waals surface area contributed by atoms with Crippen molar-refractivity contribution in [2.45, 2.75) is 40.0 Å². The molecule has 0 radical (unpaired) electrons. The largest absolute Gasteiger partial charge is 0.494 e. The van der Waals surface area contributed by atoms with Gasteiger partial charge in [0.25, 0.3) is 0 Å². The van der Waals surface area contributed by atoms with E-state index in [2.05, 4.69) is 32.9 Å². The third-order valence-corrected chi connectivity index (χ3v) is 3.96. The molecule has 19 heavy (non-hydrogen) atoms. The second-order valence-corrected chi connectivity index (χ2v) is 5.31. The monoisotopic (exact) mass is 264 g/mol. The van der Waals surface area contributed by atoms with E-state index in [4.69, 9.17) is 16.2 Å². The minimum Gasteiger partial charge on any atom is -0.494 e. The first-order chi connectivity index (χ1) is 9.04. The first-order valence-corrected chi connectivity index (χ1v) is 7.18. The highest BCUT2D eigenvalue weighted by atomic mass is 16.5. The molecule has 1 unspecified atom stereocenters. The van der Waals surface area contributed by atoms with E-state index in [0.29, 0.717) is 31.5 Å². The zero-order valence-electron chi connectivity index (χ0n) is 12.7. The minimum atomic E-state index is 0.404. The van der Waals surface area contributed by atoms with E-state index in [1.165, 1.54) is 16.7 Å². The summed E-state index contributed by atoms with van der Waals surface area (Å²) >= 11 is 0. The fourth-order valence-corrected chi connectivity index (χ4v) is 2.58. The highest BCUT2D eigenvalue weighted by Gasteiger charge is 2.16. The fraction of sp³-hybridized carbons (Fsp3) is 0.625. The predicted octanol–water partition coefficient (Wildman–Crippen LogP) is 2.73. The highest BCUT2D eigenvalue weighted by Crippen LogP contribution is 2.31. The Bertz CT molecular complexity index is 400. The molecule has 0 heterocycles. The van der Waals surface area contributed by atoms with Gasteiger partial charge >= 0.3 is 0 Å². The maximum atomic E-state index is 5.74. The summed E-state index contributed by atoms with van der Waals surface area (Å²) in [4.78, 5) is 0. The van der Waals surface area contributed by atoms with Gasteiger partial charge in [0.15, 0.2) is 0 Å². The van der Waals surface area contributed by atoms with Gasteiger partial charge in [-0.25, -0.2) is 0 Å². The first-order valence-electron chi connectivity index (χ1n) is 7.18. The van der Waals surface area contributed by atoms with Crippen molar-refractivity contribution in [2.24, 2.45) is 17.4 Å². The summed E-state index contributed by atoms with van der Waals surface area (Å²) in [5, 5.41) is 0. The van der Waals surface area contributed by atoms with Crippen LogP contribution in [0.3, 0.4) is 0 Å². The van der Waals surface area contributed by atoms with Gasteiger partial charge in [0.2, 0.25) is 0 Å². The van der Waals surface area contributed by atoms with E-state index in [9.17, 15) is 0 Å². The predicted molar refractivity (Wildman–Crippen MR) is 81.7 cm³/mol. The second kappa shape index (κ2) is 7.51. The van der Waals surface area contributed by atoms with Crippen LogP contribution in [0.5, 0.6) is 5.75 Å². The van der Waals surface area contributed by atoms with Gasteiger partial charge in [0, 0.05) is 0 Å². The zero-order valence-corrected chi connectivity index (χ0v) is 12.7. The number of nitrogens with two attached hydrogens (primary N) is 2. The van der Waals surface area contributed by atoms with Gasteiger partial charge in [-0.1, -0.05) is 13.0 Å². The van der Waals surface area contributed by atoms with E-state index in [-0.39, 0.29) is 0 Å². The number of rotatable bonds is 7. The molecule has 3 nitrogen and oxygen atoms in total. The number of ether oxygens (including phenoxy) is 1. The summed E-state index contributed by atoms with van der Waals surface area (Å²) in [6.07, 6.45) is 1.04. The molecule has 0 aliphatic rings. The highest BCUT2D eigenvalue weighted by molar-refractivity contribution is 5.44. The van der Waals surface area contributed by atoms with Gasteiger partial charge in [-0.3, -0.25) is 0 Å². The van der Waals surface area contributed by atoms with Crippen LogP contribution < -0.4 is 16.2 Å². The van der Waals surface area contributed by atoms with Gasteiger partial charge < -0.3 is 16.2 Å². The SMILES string of the molecule is CCOc1ccc(C(C)CC(CN)CN)c(C)c1C. The lowest BCUT2D eigenvalue weighted by molar-refractivity contribution is 0.337. The topological polar surface area (TPSA) is 61.3 Å². The second-order valence-electron chi connectivity index (χ2n) is 5.31. The van der Waals surface area contributed by atoms with Crippen LogP contribution in [0.25, 0.3) is 0 Å². The maximum Gasteiger partial charge on any atom is 0.122 e. The Morgan fingerprint density at radius 2 is 1.74 bits per heavy atom. The Kier molecular flexibility index (Phi) is 6.32. The Morgan fingerprint density at radius 3 is 2.26 bits per heavy atom.